The van der Waals surface area contributed by atoms with Gasteiger partial charge in [-0.15, -0.1) is 0 Å². The number of hydrogen-bond acceptors (Lipinski definition) is 2. The minimum Gasteiger partial charge on any atom is -0.441 e. The van der Waals surface area contributed by atoms with Crippen LogP contribution >= 0.6 is 0 Å². The molecule has 0 saturated carbocycles. The molecular formula is C51H46N2O. The van der Waals surface area contributed by atoms with Crippen molar-refractivity contribution in [3.63, 3.8) is 0 Å². The van der Waals surface area contributed by atoms with Crippen molar-refractivity contribution in [3.05, 3.63) is 162 Å². The third-order valence-electron chi connectivity index (χ3n) is 10.7. The Morgan fingerprint density at radius 1 is 0.574 bits per heavy atom. The summed E-state index contributed by atoms with van der Waals surface area (Å²) in [6.07, 6.45) is 8.31. The number of hydrogen-bond donors (Lipinski definition) is 0. The Morgan fingerprint density at radius 3 is 1.59 bits per heavy atom. The number of fused-ring (bicyclic) bond motifs is 4. The summed E-state index contributed by atoms with van der Waals surface area (Å²) in [7, 11) is 0. The molecule has 54 heavy (non-hydrogen) atoms. The van der Waals surface area contributed by atoms with Crippen LogP contribution in [0.4, 0.5) is 0 Å². The second-order valence-electron chi connectivity index (χ2n) is 15.7. The average molecular weight is 703 g/mol. The fourth-order valence-corrected chi connectivity index (χ4v) is 8.32. The van der Waals surface area contributed by atoms with Crippen LogP contribution in [0.1, 0.15) is 56.7 Å². The van der Waals surface area contributed by atoms with Crippen LogP contribution in [0.25, 0.3) is 78.4 Å². The molecule has 8 aromatic rings. The zero-order valence-corrected chi connectivity index (χ0v) is 31.6. The second kappa shape index (κ2) is 14.1. The van der Waals surface area contributed by atoms with Gasteiger partial charge in [-0.3, -0.25) is 0 Å². The quantitative estimate of drug-likeness (QED) is 0.150. The number of aryl methyl sites for hydroxylation is 1. The molecule has 0 N–H and O–H groups in total. The predicted octanol–water partition coefficient (Wildman–Crippen LogP) is 13.8. The van der Waals surface area contributed by atoms with Crippen LogP contribution in [0.5, 0.6) is 0 Å². The van der Waals surface area contributed by atoms with Crippen molar-refractivity contribution >= 4 is 27.9 Å². The molecule has 6 aromatic carbocycles. The fourth-order valence-electron chi connectivity index (χ4n) is 8.32. The van der Waals surface area contributed by atoms with Crippen molar-refractivity contribution in [2.45, 2.75) is 53.4 Å². The molecule has 2 aromatic heterocycles. The Bertz CT molecular complexity index is 2580. The molecule has 3 heteroatoms. The molecule has 266 valence electrons. The molecule has 0 unspecified atom stereocenters. The van der Waals surface area contributed by atoms with Gasteiger partial charge in [0, 0.05) is 28.4 Å². The fraction of sp³-hybridized carbons (Fsp3) is 0.196. The first-order valence-corrected chi connectivity index (χ1v) is 19.5. The van der Waals surface area contributed by atoms with E-state index in [-0.39, 0.29) is 0 Å². The molecule has 0 bridgehead atoms. The van der Waals surface area contributed by atoms with Gasteiger partial charge < -0.3 is 8.98 Å². The van der Waals surface area contributed by atoms with Gasteiger partial charge in [0.1, 0.15) is 11.5 Å². The lowest BCUT2D eigenvalue weighted by molar-refractivity contribution is 0.516. The zero-order chi connectivity index (χ0) is 36.8. The van der Waals surface area contributed by atoms with Crippen molar-refractivity contribution in [1.82, 2.24) is 9.55 Å². The molecule has 1 aliphatic rings. The van der Waals surface area contributed by atoms with E-state index in [0.717, 1.165) is 48.3 Å². The number of nitrogens with zero attached hydrogens (tertiary/aromatic N) is 2. The Kier molecular flexibility index (Phi) is 8.87. The van der Waals surface area contributed by atoms with E-state index >= 15 is 0 Å². The number of benzene rings is 6. The number of rotatable bonds is 9. The van der Waals surface area contributed by atoms with Gasteiger partial charge in [-0.1, -0.05) is 119 Å². The molecule has 0 amide bonds. The summed E-state index contributed by atoms with van der Waals surface area (Å²) in [6, 6.07) is 49.5. The Hall–Kier alpha value is -5.93. The first-order chi connectivity index (χ1) is 26.4. The number of aromatic nitrogens is 2. The summed E-state index contributed by atoms with van der Waals surface area (Å²) >= 11 is 0. The van der Waals surface area contributed by atoms with E-state index in [4.69, 9.17) is 9.40 Å². The lowest BCUT2D eigenvalue weighted by Gasteiger charge is -2.16. The first-order valence-electron chi connectivity index (χ1n) is 19.5. The summed E-state index contributed by atoms with van der Waals surface area (Å²) in [5.74, 6) is 2.90. The highest BCUT2D eigenvalue weighted by molar-refractivity contribution is 6.09. The molecule has 9 rings (SSSR count). The molecule has 0 fully saturated rings. The van der Waals surface area contributed by atoms with Crippen molar-refractivity contribution in [2.24, 2.45) is 11.8 Å². The monoisotopic (exact) mass is 702 g/mol. The molecule has 0 radical (unpaired) electrons. The number of oxazole rings is 1. The van der Waals surface area contributed by atoms with Gasteiger partial charge in [-0.2, -0.15) is 0 Å². The van der Waals surface area contributed by atoms with Crippen molar-refractivity contribution in [1.29, 1.82) is 0 Å². The second-order valence-corrected chi connectivity index (χ2v) is 15.7. The van der Waals surface area contributed by atoms with E-state index in [2.05, 4.69) is 178 Å². The first kappa shape index (κ1) is 33.9. The highest BCUT2D eigenvalue weighted by Crippen LogP contribution is 2.40. The third kappa shape index (κ3) is 6.38. The van der Waals surface area contributed by atoms with Gasteiger partial charge >= 0.3 is 0 Å². The summed E-state index contributed by atoms with van der Waals surface area (Å²) in [6.45, 7) is 9.20. The standard InChI is InChI=1S/C51H46N2O/c1-33(2)29-35-17-27-48-45(31-35)46-32-36(30-34(3)4)18-28-49(46)53(48)40-25-23-38(24-26-40)42-12-6-8-14-44(42)43-13-7-5-11-41(43)37-19-21-39(22-20-37)51-52-47-15-9-10-16-50(47)54-51/h5-9,11-15,17-28,31-34H,10,16,29-30H2,1-4H3. The van der Waals surface area contributed by atoms with Crippen LogP contribution in [0.2, 0.25) is 0 Å². The Morgan fingerprint density at radius 2 is 1.07 bits per heavy atom. The lowest BCUT2D eigenvalue weighted by atomic mass is 9.89. The van der Waals surface area contributed by atoms with E-state index < -0.39 is 0 Å². The highest BCUT2D eigenvalue weighted by Gasteiger charge is 2.18. The van der Waals surface area contributed by atoms with Gasteiger partial charge in [0.15, 0.2) is 0 Å². The Labute approximate surface area is 318 Å². The molecule has 0 spiro atoms. The maximum Gasteiger partial charge on any atom is 0.226 e. The van der Waals surface area contributed by atoms with Crippen LogP contribution in [-0.4, -0.2) is 9.55 Å². The van der Waals surface area contributed by atoms with Gasteiger partial charge in [0.2, 0.25) is 5.89 Å². The Balaban J connectivity index is 1.08. The number of allylic oxidation sites excluding steroid dienone is 1. The van der Waals surface area contributed by atoms with Crippen molar-refractivity contribution in [3.8, 4) is 50.5 Å². The van der Waals surface area contributed by atoms with Crippen LogP contribution < -0.4 is 0 Å². The minimum absolute atomic E-state index is 0.614. The van der Waals surface area contributed by atoms with E-state index in [1.807, 2.05) is 0 Å². The van der Waals surface area contributed by atoms with Crippen LogP contribution in [-0.2, 0) is 19.3 Å². The van der Waals surface area contributed by atoms with Crippen LogP contribution in [0, 0.1) is 11.8 Å². The average Bonchev–Trinajstić information content (AvgIpc) is 3.77. The SMILES string of the molecule is CC(C)Cc1ccc2c(c1)c1cc(CC(C)C)ccc1n2-c1ccc(-c2ccccc2-c2ccccc2-c2ccc(-c3nc4c(o3)CCC=C4)cc2)cc1. The van der Waals surface area contributed by atoms with E-state index in [0.29, 0.717) is 17.7 Å². The predicted molar refractivity (Wildman–Crippen MR) is 227 cm³/mol. The zero-order valence-electron chi connectivity index (χ0n) is 31.6. The molecule has 0 saturated heterocycles. The van der Waals surface area contributed by atoms with Gasteiger partial charge in [0.05, 0.1) is 11.0 Å². The largest absolute Gasteiger partial charge is 0.441 e. The molecule has 0 atom stereocenters. The van der Waals surface area contributed by atoms with E-state index in [9.17, 15) is 0 Å². The molecule has 2 heterocycles. The van der Waals surface area contributed by atoms with Gasteiger partial charge in [-0.05, 0) is 130 Å². The van der Waals surface area contributed by atoms with Gasteiger partial charge in [-0.25, -0.2) is 4.98 Å². The third-order valence-corrected chi connectivity index (χ3v) is 10.7. The minimum atomic E-state index is 0.614. The maximum atomic E-state index is 6.14. The summed E-state index contributed by atoms with van der Waals surface area (Å²) in [5.41, 5.74) is 15.6. The van der Waals surface area contributed by atoms with E-state index in [1.165, 1.54) is 66.4 Å². The van der Waals surface area contributed by atoms with Gasteiger partial charge in [0.25, 0.3) is 0 Å². The molecule has 3 nitrogen and oxygen atoms in total. The molecule has 0 aliphatic heterocycles. The van der Waals surface area contributed by atoms with Crippen molar-refractivity contribution in [2.75, 3.05) is 0 Å². The smallest absolute Gasteiger partial charge is 0.226 e. The maximum absolute atomic E-state index is 6.14. The van der Waals surface area contributed by atoms with Crippen LogP contribution in [0.15, 0.2) is 144 Å². The molecular weight excluding hydrogens is 657 g/mol. The summed E-state index contributed by atoms with van der Waals surface area (Å²) in [4.78, 5) is 4.76. The molecule has 1 aliphatic carbocycles. The van der Waals surface area contributed by atoms with Crippen LogP contribution in [0.3, 0.4) is 0 Å². The normalized spacial score (nSPS) is 12.7. The summed E-state index contributed by atoms with van der Waals surface area (Å²) < 4.78 is 8.59. The summed E-state index contributed by atoms with van der Waals surface area (Å²) in [5, 5.41) is 2.68. The highest BCUT2D eigenvalue weighted by atomic mass is 16.4. The lowest BCUT2D eigenvalue weighted by Crippen LogP contribution is -1.96. The van der Waals surface area contributed by atoms with Crippen molar-refractivity contribution < 1.29 is 4.42 Å². The topological polar surface area (TPSA) is 31.0 Å². The van der Waals surface area contributed by atoms with E-state index in [1.54, 1.807) is 0 Å².